The fraction of sp³-hybridized carbons (Fsp3) is 0.905. The van der Waals surface area contributed by atoms with Crippen LogP contribution in [0.25, 0.3) is 0 Å². The first-order chi connectivity index (χ1) is 11.3. The van der Waals surface area contributed by atoms with E-state index in [1.54, 1.807) is 6.92 Å². The average molecular weight is 332 g/mol. The van der Waals surface area contributed by atoms with E-state index in [1.165, 1.54) is 32.1 Å². The molecule has 0 bridgehead atoms. The molecule has 0 aromatic rings. The van der Waals surface area contributed by atoms with Gasteiger partial charge >= 0.3 is 5.97 Å². The molecular formula is C21H32O3. The quantitative estimate of drug-likeness (QED) is 0.663. The van der Waals surface area contributed by atoms with E-state index in [0.29, 0.717) is 23.0 Å². The molecule has 4 aliphatic carbocycles. The lowest BCUT2D eigenvalue weighted by Crippen LogP contribution is -2.54. The lowest BCUT2D eigenvalue weighted by Gasteiger charge is -2.60. The molecule has 24 heavy (non-hydrogen) atoms. The number of carbonyl (C=O) groups is 2. The van der Waals surface area contributed by atoms with E-state index in [1.807, 2.05) is 0 Å². The van der Waals surface area contributed by atoms with Gasteiger partial charge in [-0.1, -0.05) is 13.8 Å². The Balaban J connectivity index is 1.58. The van der Waals surface area contributed by atoms with E-state index < -0.39 is 0 Å². The molecule has 4 fully saturated rings. The first-order valence-corrected chi connectivity index (χ1v) is 10.0. The molecule has 0 aromatic heterocycles. The zero-order chi connectivity index (χ0) is 17.1. The van der Waals surface area contributed by atoms with Crippen LogP contribution in [0.3, 0.4) is 0 Å². The first kappa shape index (κ1) is 16.6. The van der Waals surface area contributed by atoms with Crippen molar-refractivity contribution < 1.29 is 14.3 Å². The fourth-order valence-corrected chi connectivity index (χ4v) is 7.39. The monoisotopic (exact) mass is 332 g/mol. The van der Waals surface area contributed by atoms with Gasteiger partial charge in [-0.25, -0.2) is 0 Å². The summed E-state index contributed by atoms with van der Waals surface area (Å²) in [6.07, 6.45) is 10.1. The van der Waals surface area contributed by atoms with Crippen LogP contribution in [0.4, 0.5) is 0 Å². The molecule has 0 aromatic carbocycles. The molecule has 3 heteroatoms. The second kappa shape index (κ2) is 5.57. The smallest absolute Gasteiger partial charge is 0.302 e. The Hall–Kier alpha value is -0.860. The summed E-state index contributed by atoms with van der Waals surface area (Å²) in [5.41, 5.74) is 0.554. The highest BCUT2D eigenvalue weighted by Crippen LogP contribution is 2.66. The number of fused-ring (bicyclic) bond motifs is 5. The van der Waals surface area contributed by atoms with E-state index >= 15 is 0 Å². The van der Waals surface area contributed by atoms with Crippen LogP contribution in [-0.2, 0) is 14.3 Å². The highest BCUT2D eigenvalue weighted by Gasteiger charge is 2.60. The molecule has 2 unspecified atom stereocenters. The van der Waals surface area contributed by atoms with Crippen molar-refractivity contribution in [2.45, 2.75) is 84.7 Å². The lowest BCUT2D eigenvalue weighted by atomic mass is 9.45. The van der Waals surface area contributed by atoms with Gasteiger partial charge in [-0.2, -0.15) is 0 Å². The minimum Gasteiger partial charge on any atom is -0.462 e. The van der Waals surface area contributed by atoms with Gasteiger partial charge in [0.2, 0.25) is 0 Å². The third-order valence-corrected chi connectivity index (χ3v) is 8.70. The Morgan fingerprint density at radius 1 is 1.00 bits per heavy atom. The zero-order valence-corrected chi connectivity index (χ0v) is 15.5. The van der Waals surface area contributed by atoms with Crippen molar-refractivity contribution in [1.29, 1.82) is 0 Å². The van der Waals surface area contributed by atoms with E-state index in [4.69, 9.17) is 4.74 Å². The van der Waals surface area contributed by atoms with Crippen LogP contribution in [0, 0.1) is 34.5 Å². The summed E-state index contributed by atoms with van der Waals surface area (Å²) in [7, 11) is 0. The molecule has 7 atom stereocenters. The Bertz CT molecular complexity index is 555. The molecule has 0 saturated heterocycles. The number of ether oxygens (including phenoxy) is 1. The van der Waals surface area contributed by atoms with Crippen LogP contribution in [0.5, 0.6) is 0 Å². The van der Waals surface area contributed by atoms with Crippen molar-refractivity contribution in [2.24, 2.45) is 34.5 Å². The standard InChI is InChI=1S/C21H32O3/c1-13(22)24-19-7-6-17-16-5-4-14-12-15(23)8-10-20(14,2)18(16)9-11-21(17,19)3/h14,16-19H,4-12H2,1-3H3/t14?,16-,17-,18-,19?,20-,21-/m0/s1. The van der Waals surface area contributed by atoms with Crippen LogP contribution < -0.4 is 0 Å². The highest BCUT2D eigenvalue weighted by atomic mass is 16.5. The Morgan fingerprint density at radius 3 is 2.50 bits per heavy atom. The van der Waals surface area contributed by atoms with Crippen LogP contribution in [0.1, 0.15) is 78.6 Å². The number of esters is 1. The minimum absolute atomic E-state index is 0.120. The topological polar surface area (TPSA) is 43.4 Å². The maximum atomic E-state index is 12.0. The predicted molar refractivity (Wildman–Crippen MR) is 92.3 cm³/mol. The van der Waals surface area contributed by atoms with E-state index in [-0.39, 0.29) is 17.5 Å². The second-order valence-corrected chi connectivity index (χ2v) is 9.62. The number of hydrogen-bond acceptors (Lipinski definition) is 3. The Kier molecular flexibility index (Phi) is 3.85. The first-order valence-electron chi connectivity index (χ1n) is 10.0. The molecule has 134 valence electrons. The Morgan fingerprint density at radius 2 is 1.75 bits per heavy atom. The van der Waals surface area contributed by atoms with Gasteiger partial charge in [-0.15, -0.1) is 0 Å². The SMILES string of the molecule is CC(=O)OC1CC[C@H]2[C@@H]3CCC4CC(=O)CC[C@]4(C)[C@H]3CC[C@]12C. The molecule has 4 rings (SSSR count). The molecule has 0 amide bonds. The van der Waals surface area contributed by atoms with E-state index in [0.717, 1.165) is 37.5 Å². The van der Waals surface area contributed by atoms with Gasteiger partial charge in [0.25, 0.3) is 0 Å². The Labute approximate surface area is 145 Å². The summed E-state index contributed by atoms with van der Waals surface area (Å²) in [5, 5.41) is 0. The number of rotatable bonds is 1. The summed E-state index contributed by atoms with van der Waals surface area (Å²) >= 11 is 0. The fourth-order valence-electron chi connectivity index (χ4n) is 7.39. The van der Waals surface area contributed by atoms with Crippen LogP contribution in [0.2, 0.25) is 0 Å². The van der Waals surface area contributed by atoms with Crippen molar-refractivity contribution in [3.8, 4) is 0 Å². The number of Topliss-reactive ketones (excluding diaryl/α,β-unsaturated/α-hetero) is 1. The van der Waals surface area contributed by atoms with Gasteiger partial charge < -0.3 is 4.74 Å². The molecule has 0 heterocycles. The maximum Gasteiger partial charge on any atom is 0.302 e. The average Bonchev–Trinajstić information content (AvgIpc) is 2.84. The largest absolute Gasteiger partial charge is 0.462 e. The van der Waals surface area contributed by atoms with Crippen molar-refractivity contribution in [1.82, 2.24) is 0 Å². The third-order valence-electron chi connectivity index (χ3n) is 8.70. The summed E-state index contributed by atoms with van der Waals surface area (Å²) < 4.78 is 5.73. The maximum absolute atomic E-state index is 12.0. The molecule has 0 spiro atoms. The molecule has 0 aliphatic heterocycles. The summed E-state index contributed by atoms with van der Waals surface area (Å²) in [6.45, 7) is 6.42. The van der Waals surface area contributed by atoms with E-state index in [9.17, 15) is 9.59 Å². The van der Waals surface area contributed by atoms with Crippen molar-refractivity contribution in [2.75, 3.05) is 0 Å². The van der Waals surface area contributed by atoms with Crippen LogP contribution >= 0.6 is 0 Å². The number of hydrogen-bond donors (Lipinski definition) is 0. The van der Waals surface area contributed by atoms with Gasteiger partial charge in [0.1, 0.15) is 11.9 Å². The zero-order valence-electron chi connectivity index (χ0n) is 15.5. The molecular weight excluding hydrogens is 300 g/mol. The summed E-state index contributed by atoms with van der Waals surface area (Å²) in [4.78, 5) is 23.5. The van der Waals surface area contributed by atoms with Gasteiger partial charge in [-0.3, -0.25) is 9.59 Å². The van der Waals surface area contributed by atoms with Crippen LogP contribution in [-0.4, -0.2) is 17.9 Å². The molecule has 3 nitrogen and oxygen atoms in total. The van der Waals surface area contributed by atoms with Crippen LogP contribution in [0.15, 0.2) is 0 Å². The molecule has 0 radical (unpaired) electrons. The van der Waals surface area contributed by atoms with Crippen molar-refractivity contribution in [3.63, 3.8) is 0 Å². The van der Waals surface area contributed by atoms with Gasteiger partial charge in [0.05, 0.1) is 0 Å². The van der Waals surface area contributed by atoms with Gasteiger partial charge in [0, 0.05) is 25.2 Å². The predicted octanol–water partition coefficient (Wildman–Crippen LogP) is 4.53. The summed E-state index contributed by atoms with van der Waals surface area (Å²) in [6, 6.07) is 0. The van der Waals surface area contributed by atoms with Gasteiger partial charge in [0.15, 0.2) is 0 Å². The summed E-state index contributed by atoms with van der Waals surface area (Å²) in [5.74, 6) is 3.25. The third kappa shape index (κ3) is 2.29. The van der Waals surface area contributed by atoms with Crippen molar-refractivity contribution in [3.05, 3.63) is 0 Å². The molecule has 4 saturated carbocycles. The minimum atomic E-state index is -0.120. The second-order valence-electron chi connectivity index (χ2n) is 9.62. The highest BCUT2D eigenvalue weighted by molar-refractivity contribution is 5.79. The lowest BCUT2D eigenvalue weighted by molar-refractivity contribution is -0.162. The molecule has 4 aliphatic rings. The number of ketones is 1. The normalized spacial score (nSPS) is 50.6. The van der Waals surface area contributed by atoms with Gasteiger partial charge in [-0.05, 0) is 74.0 Å². The van der Waals surface area contributed by atoms with E-state index in [2.05, 4.69) is 13.8 Å². The van der Waals surface area contributed by atoms with Crippen molar-refractivity contribution >= 4 is 11.8 Å². The molecule has 0 N–H and O–H groups in total. The number of carbonyl (C=O) groups excluding carboxylic acids is 2.